The lowest BCUT2D eigenvalue weighted by Crippen LogP contribution is -2.39. The summed E-state index contributed by atoms with van der Waals surface area (Å²) >= 11 is 0. The number of para-hydroxylation sites is 1. The van der Waals surface area contributed by atoms with Gasteiger partial charge in [0.05, 0.1) is 37.7 Å². The highest BCUT2D eigenvalue weighted by atomic mass is 32.2. The van der Waals surface area contributed by atoms with Crippen LogP contribution in [0.4, 0.5) is 28.7 Å². The zero-order chi connectivity index (χ0) is 35.4. The van der Waals surface area contributed by atoms with E-state index >= 15 is 0 Å². The van der Waals surface area contributed by atoms with E-state index < -0.39 is 27.2 Å². The number of nitriles is 1. The summed E-state index contributed by atoms with van der Waals surface area (Å²) in [4.78, 5) is 19.1. The molecule has 0 saturated heterocycles. The molecule has 3 aromatic carbocycles. The van der Waals surface area contributed by atoms with Crippen molar-refractivity contribution in [1.29, 1.82) is 5.26 Å². The van der Waals surface area contributed by atoms with Crippen LogP contribution < -0.4 is 16.1 Å². The van der Waals surface area contributed by atoms with E-state index in [4.69, 9.17) is 9.84 Å². The Labute approximate surface area is 285 Å². The van der Waals surface area contributed by atoms with Crippen LogP contribution in [0.2, 0.25) is 0 Å². The number of fused-ring (bicyclic) bond motifs is 1. The molecule has 4 aromatic rings. The van der Waals surface area contributed by atoms with Crippen LogP contribution in [0.15, 0.2) is 86.6 Å². The lowest BCUT2D eigenvalue weighted by atomic mass is 10.1. The van der Waals surface area contributed by atoms with Crippen molar-refractivity contribution in [1.82, 2.24) is 9.88 Å². The number of H-pyrrole nitrogens is 1. The van der Waals surface area contributed by atoms with Crippen molar-refractivity contribution in [3.8, 4) is 6.07 Å². The SMILES string of the molecule is C=S(=O)(CCN(CC(C)O)CC(C)O)c1ccc2cc(N=Nc3c(NCCOCCO)[nH]c(Nc4ccccc4)c(C#N)c3=O)ccc2c1. The lowest BCUT2D eigenvalue weighted by Gasteiger charge is -2.25. The van der Waals surface area contributed by atoms with Crippen LogP contribution in [0, 0.1) is 11.3 Å². The summed E-state index contributed by atoms with van der Waals surface area (Å²) in [6, 6.07) is 21.8. The molecule has 260 valence electrons. The maximum Gasteiger partial charge on any atom is 0.231 e. The van der Waals surface area contributed by atoms with E-state index in [9.17, 15) is 24.5 Å². The summed E-state index contributed by atoms with van der Waals surface area (Å²) in [6.45, 7) is 5.02. The number of hydrogen-bond donors (Lipinski definition) is 6. The smallest absolute Gasteiger partial charge is 0.231 e. The molecular weight excluding hydrogens is 646 g/mol. The molecule has 1 aromatic heterocycles. The number of aliphatic hydroxyl groups is 3. The average Bonchev–Trinajstić information content (AvgIpc) is 3.06. The number of hydrogen-bond acceptors (Lipinski definition) is 12. The Kier molecular flexibility index (Phi) is 13.4. The molecule has 0 spiro atoms. The van der Waals surface area contributed by atoms with Crippen LogP contribution >= 0.6 is 0 Å². The molecule has 14 heteroatoms. The minimum absolute atomic E-state index is 0.0928. The van der Waals surface area contributed by atoms with Gasteiger partial charge in [0.1, 0.15) is 23.3 Å². The van der Waals surface area contributed by atoms with Gasteiger partial charge in [0.2, 0.25) is 5.43 Å². The van der Waals surface area contributed by atoms with Crippen molar-refractivity contribution in [2.45, 2.75) is 31.0 Å². The molecule has 13 nitrogen and oxygen atoms in total. The third-order valence-corrected chi connectivity index (χ3v) is 9.35. The fraction of sp³-hybridized carbons (Fsp3) is 0.343. The van der Waals surface area contributed by atoms with Crippen LogP contribution in [0.25, 0.3) is 10.8 Å². The maximum absolute atomic E-state index is 13.6. The van der Waals surface area contributed by atoms with Crippen molar-refractivity contribution >= 4 is 54.9 Å². The number of azo groups is 1. The minimum Gasteiger partial charge on any atom is -0.394 e. The third-order valence-electron chi connectivity index (χ3n) is 7.39. The van der Waals surface area contributed by atoms with Gasteiger partial charge in [-0.1, -0.05) is 30.3 Å². The number of benzene rings is 3. The monoisotopic (exact) mass is 689 g/mol. The van der Waals surface area contributed by atoms with E-state index in [1.54, 1.807) is 44.2 Å². The predicted molar refractivity (Wildman–Crippen MR) is 194 cm³/mol. The van der Waals surface area contributed by atoms with Gasteiger partial charge in [-0.25, -0.2) is 0 Å². The van der Waals surface area contributed by atoms with Crippen LogP contribution in [0.5, 0.6) is 0 Å². The van der Waals surface area contributed by atoms with Gasteiger partial charge >= 0.3 is 0 Å². The number of rotatable bonds is 18. The number of aromatic amines is 1. The van der Waals surface area contributed by atoms with E-state index in [-0.39, 0.29) is 55.0 Å². The Hall–Kier alpha value is -4.62. The Morgan fingerprint density at radius 3 is 2.37 bits per heavy atom. The van der Waals surface area contributed by atoms with Gasteiger partial charge in [-0.15, -0.1) is 5.11 Å². The number of nitrogens with zero attached hydrogens (tertiary/aromatic N) is 4. The van der Waals surface area contributed by atoms with Crippen molar-refractivity contribution < 1.29 is 24.3 Å². The molecule has 6 N–H and O–H groups in total. The van der Waals surface area contributed by atoms with Crippen LogP contribution in [0.1, 0.15) is 19.4 Å². The molecule has 3 unspecified atom stereocenters. The molecule has 0 saturated carbocycles. The molecule has 1 heterocycles. The van der Waals surface area contributed by atoms with E-state index in [0.29, 0.717) is 35.9 Å². The molecule has 0 aliphatic heterocycles. The van der Waals surface area contributed by atoms with Gasteiger partial charge in [0, 0.05) is 42.5 Å². The second-order valence-electron chi connectivity index (χ2n) is 11.7. The van der Waals surface area contributed by atoms with Gasteiger partial charge in [-0.2, -0.15) is 10.4 Å². The van der Waals surface area contributed by atoms with Gasteiger partial charge in [0.15, 0.2) is 5.69 Å². The number of aliphatic hydroxyl groups excluding tert-OH is 3. The molecule has 0 bridgehead atoms. The molecule has 0 fully saturated rings. The van der Waals surface area contributed by atoms with E-state index in [1.165, 1.54) is 0 Å². The molecule has 0 aliphatic rings. The zero-order valence-corrected chi connectivity index (χ0v) is 28.4. The van der Waals surface area contributed by atoms with Crippen LogP contribution in [-0.4, -0.2) is 99.2 Å². The number of pyridine rings is 1. The predicted octanol–water partition coefficient (Wildman–Crippen LogP) is 4.12. The topological polar surface area (TPSA) is 196 Å². The van der Waals surface area contributed by atoms with Gasteiger partial charge in [0.25, 0.3) is 0 Å². The van der Waals surface area contributed by atoms with E-state index in [1.807, 2.05) is 47.4 Å². The molecular formula is C35H43N7O6S. The maximum atomic E-state index is 13.6. The summed E-state index contributed by atoms with van der Waals surface area (Å²) in [7, 11) is -2.67. The minimum atomic E-state index is -2.67. The first kappa shape index (κ1) is 37.2. The quantitative estimate of drug-likeness (QED) is 0.0503. The lowest BCUT2D eigenvalue weighted by molar-refractivity contribution is 0.0874. The average molecular weight is 690 g/mol. The highest BCUT2D eigenvalue weighted by Crippen LogP contribution is 2.29. The first-order valence-electron chi connectivity index (χ1n) is 15.8. The Balaban J connectivity index is 1.59. The highest BCUT2D eigenvalue weighted by molar-refractivity contribution is 8.00. The molecule has 0 aliphatic carbocycles. The van der Waals surface area contributed by atoms with Crippen molar-refractivity contribution in [3.05, 3.63) is 82.5 Å². The van der Waals surface area contributed by atoms with Gasteiger partial charge < -0.3 is 35.7 Å². The summed E-state index contributed by atoms with van der Waals surface area (Å²) in [5.74, 6) is 4.69. The number of anilines is 3. The van der Waals surface area contributed by atoms with Gasteiger partial charge in [-0.3, -0.25) is 13.9 Å². The first-order valence-corrected chi connectivity index (χ1v) is 17.7. The Morgan fingerprint density at radius 1 is 1.00 bits per heavy atom. The molecule has 0 amide bonds. The van der Waals surface area contributed by atoms with E-state index in [2.05, 4.69) is 31.7 Å². The molecule has 3 atom stereocenters. The fourth-order valence-electron chi connectivity index (χ4n) is 5.11. The zero-order valence-electron chi connectivity index (χ0n) is 27.6. The summed E-state index contributed by atoms with van der Waals surface area (Å²) in [5, 5.41) is 54.9. The molecule has 0 radical (unpaired) electrons. The number of ether oxygens (including phenoxy) is 1. The first-order chi connectivity index (χ1) is 23.5. The standard InChI is InChI=1S/C35H43N7O6S/c1-24(44)22-42(23-25(2)45)14-18-49(3,47)30-12-10-26-19-29(11-9-27(26)20-30)40-41-32-33(46)31(21-36)34(38-28-7-5-4-6-8-28)39-35(32)37-13-16-48-17-15-43/h4-12,19-20,24-25,43-45H,3,13-18,22-23H2,1-2H3,(H3,37,38,39,46). The van der Waals surface area contributed by atoms with Crippen molar-refractivity contribution in [2.75, 3.05) is 62.4 Å². The fourth-order valence-corrected chi connectivity index (χ4v) is 6.55. The summed E-state index contributed by atoms with van der Waals surface area (Å²) in [5.41, 5.74) is 0.236. The summed E-state index contributed by atoms with van der Waals surface area (Å²) in [6.07, 6.45) is -1.18. The molecule has 4 rings (SSSR count). The van der Waals surface area contributed by atoms with Crippen LogP contribution in [-0.2, 0) is 14.3 Å². The largest absolute Gasteiger partial charge is 0.394 e. The number of nitrogens with one attached hydrogen (secondary N) is 3. The normalized spacial score (nSPS) is 14.1. The Morgan fingerprint density at radius 2 is 1.69 bits per heavy atom. The van der Waals surface area contributed by atoms with Crippen molar-refractivity contribution in [2.24, 2.45) is 10.2 Å². The second kappa shape index (κ2) is 17.7. The summed E-state index contributed by atoms with van der Waals surface area (Å²) < 4.78 is 18.9. The highest BCUT2D eigenvalue weighted by Gasteiger charge is 2.18. The van der Waals surface area contributed by atoms with Gasteiger partial charge in [-0.05, 0) is 76.4 Å². The number of aromatic nitrogens is 1. The second-order valence-corrected chi connectivity index (χ2v) is 14.2. The molecule has 49 heavy (non-hydrogen) atoms. The third kappa shape index (κ3) is 10.7. The van der Waals surface area contributed by atoms with E-state index in [0.717, 1.165) is 10.8 Å². The van der Waals surface area contributed by atoms with Crippen LogP contribution in [0.3, 0.4) is 0 Å². The Bertz CT molecular complexity index is 1930. The van der Waals surface area contributed by atoms with Crippen molar-refractivity contribution in [3.63, 3.8) is 0 Å².